The average Bonchev–Trinajstić information content (AvgIpc) is 2.47. The molecule has 0 aliphatic heterocycles. The van der Waals surface area contributed by atoms with Crippen LogP contribution >= 0.6 is 11.3 Å². The van der Waals surface area contributed by atoms with Crippen LogP contribution in [0.2, 0.25) is 0 Å². The minimum absolute atomic E-state index is 0.895. The maximum absolute atomic E-state index is 4.34. The SMILES string of the molecule is C=CNc1nc2ccccc2s1. The molecule has 0 bridgehead atoms. The number of benzene rings is 1. The molecule has 0 radical (unpaired) electrons. The topological polar surface area (TPSA) is 24.9 Å². The molecule has 0 saturated carbocycles. The van der Waals surface area contributed by atoms with E-state index < -0.39 is 0 Å². The Morgan fingerprint density at radius 1 is 1.42 bits per heavy atom. The largest absolute Gasteiger partial charge is 0.339 e. The monoisotopic (exact) mass is 176 g/mol. The van der Waals surface area contributed by atoms with E-state index in [1.165, 1.54) is 4.70 Å². The molecule has 2 aromatic rings. The van der Waals surface area contributed by atoms with Crippen LogP contribution in [0, 0.1) is 0 Å². The van der Waals surface area contributed by atoms with E-state index in [-0.39, 0.29) is 0 Å². The lowest BCUT2D eigenvalue weighted by atomic mass is 10.3. The third-order valence-corrected chi connectivity index (χ3v) is 2.49. The number of para-hydroxylation sites is 1. The standard InChI is InChI=1S/C9H8N2S/c1-2-10-9-11-7-5-3-4-6-8(7)12-9/h2-6H,1H2,(H,10,11). The molecular weight excluding hydrogens is 168 g/mol. The maximum atomic E-state index is 4.34. The lowest BCUT2D eigenvalue weighted by molar-refractivity contribution is 1.45. The summed E-state index contributed by atoms with van der Waals surface area (Å²) in [6.45, 7) is 3.58. The molecule has 0 atom stereocenters. The van der Waals surface area contributed by atoms with Gasteiger partial charge in [-0.3, -0.25) is 0 Å². The quantitative estimate of drug-likeness (QED) is 0.761. The second-order valence-electron chi connectivity index (χ2n) is 2.34. The van der Waals surface area contributed by atoms with Gasteiger partial charge in [-0.15, -0.1) is 0 Å². The van der Waals surface area contributed by atoms with Gasteiger partial charge in [-0.1, -0.05) is 30.0 Å². The van der Waals surface area contributed by atoms with Crippen molar-refractivity contribution in [3.63, 3.8) is 0 Å². The highest BCUT2D eigenvalue weighted by molar-refractivity contribution is 7.22. The van der Waals surface area contributed by atoms with Crippen molar-refractivity contribution in [2.75, 3.05) is 5.32 Å². The number of thiazole rings is 1. The Balaban J connectivity index is 2.54. The number of nitrogens with zero attached hydrogens (tertiary/aromatic N) is 1. The molecule has 0 spiro atoms. The van der Waals surface area contributed by atoms with Crippen LogP contribution in [0.15, 0.2) is 37.0 Å². The van der Waals surface area contributed by atoms with E-state index in [0.717, 1.165) is 10.6 Å². The summed E-state index contributed by atoms with van der Waals surface area (Å²) in [5.41, 5.74) is 1.03. The van der Waals surface area contributed by atoms with E-state index in [0.29, 0.717) is 0 Å². The van der Waals surface area contributed by atoms with Crippen LogP contribution in [0.5, 0.6) is 0 Å². The molecule has 0 amide bonds. The summed E-state index contributed by atoms with van der Waals surface area (Å²) in [6, 6.07) is 8.05. The molecule has 12 heavy (non-hydrogen) atoms. The van der Waals surface area contributed by atoms with Crippen molar-refractivity contribution < 1.29 is 0 Å². The summed E-state index contributed by atoms with van der Waals surface area (Å²) in [5, 5.41) is 3.86. The summed E-state index contributed by atoms with van der Waals surface area (Å²) in [4.78, 5) is 4.34. The van der Waals surface area contributed by atoms with Gasteiger partial charge < -0.3 is 5.32 Å². The zero-order valence-corrected chi connectivity index (χ0v) is 7.27. The number of aromatic nitrogens is 1. The normalized spacial score (nSPS) is 10.0. The van der Waals surface area contributed by atoms with Gasteiger partial charge in [0.25, 0.3) is 0 Å². The van der Waals surface area contributed by atoms with Crippen molar-refractivity contribution in [1.82, 2.24) is 4.98 Å². The number of anilines is 1. The Morgan fingerprint density at radius 2 is 2.25 bits per heavy atom. The highest BCUT2D eigenvalue weighted by Gasteiger charge is 1.99. The third kappa shape index (κ3) is 1.19. The first kappa shape index (κ1) is 7.31. The van der Waals surface area contributed by atoms with E-state index in [2.05, 4.69) is 22.9 Å². The van der Waals surface area contributed by atoms with Crippen LogP contribution in [-0.4, -0.2) is 4.98 Å². The first-order chi connectivity index (χ1) is 5.90. The molecule has 2 rings (SSSR count). The zero-order chi connectivity index (χ0) is 8.39. The Morgan fingerprint density at radius 3 is 3.00 bits per heavy atom. The first-order valence-corrected chi connectivity index (χ1v) is 4.45. The fourth-order valence-electron chi connectivity index (χ4n) is 1.02. The molecule has 1 heterocycles. The molecule has 1 aromatic heterocycles. The summed E-state index contributed by atoms with van der Waals surface area (Å²) >= 11 is 1.63. The first-order valence-electron chi connectivity index (χ1n) is 3.63. The zero-order valence-electron chi connectivity index (χ0n) is 6.45. The van der Waals surface area contributed by atoms with Crippen LogP contribution in [0.25, 0.3) is 10.2 Å². The summed E-state index contributed by atoms with van der Waals surface area (Å²) in [6.07, 6.45) is 1.64. The van der Waals surface area contributed by atoms with Crippen LogP contribution < -0.4 is 5.32 Å². The summed E-state index contributed by atoms with van der Waals surface area (Å²) in [7, 11) is 0. The molecule has 0 saturated heterocycles. The lowest BCUT2D eigenvalue weighted by Gasteiger charge is -1.87. The Hall–Kier alpha value is -1.35. The van der Waals surface area contributed by atoms with Crippen LogP contribution in [-0.2, 0) is 0 Å². The van der Waals surface area contributed by atoms with Crippen molar-refractivity contribution >= 4 is 26.7 Å². The van der Waals surface area contributed by atoms with Crippen LogP contribution in [0.4, 0.5) is 5.13 Å². The van der Waals surface area contributed by atoms with Crippen molar-refractivity contribution in [3.05, 3.63) is 37.0 Å². The Labute approximate surface area is 74.6 Å². The smallest absolute Gasteiger partial charge is 0.187 e. The second kappa shape index (κ2) is 2.95. The number of fused-ring (bicyclic) bond motifs is 1. The molecule has 0 unspecified atom stereocenters. The number of rotatable bonds is 2. The fraction of sp³-hybridized carbons (Fsp3) is 0. The molecule has 0 aliphatic rings. The second-order valence-corrected chi connectivity index (χ2v) is 3.37. The molecule has 0 fully saturated rings. The predicted octanol–water partition coefficient (Wildman–Crippen LogP) is 2.85. The van der Waals surface area contributed by atoms with Gasteiger partial charge in [0.2, 0.25) is 0 Å². The Kier molecular flexibility index (Phi) is 1.80. The molecule has 0 aliphatic carbocycles. The molecule has 60 valence electrons. The summed E-state index contributed by atoms with van der Waals surface area (Å²) in [5.74, 6) is 0. The van der Waals surface area contributed by atoms with Gasteiger partial charge in [-0.2, -0.15) is 0 Å². The molecule has 2 nitrogen and oxygen atoms in total. The molecule has 1 N–H and O–H groups in total. The van der Waals surface area contributed by atoms with E-state index in [9.17, 15) is 0 Å². The molecule has 3 heteroatoms. The van der Waals surface area contributed by atoms with Gasteiger partial charge in [0.1, 0.15) is 0 Å². The fourth-order valence-corrected chi connectivity index (χ4v) is 1.88. The average molecular weight is 176 g/mol. The van der Waals surface area contributed by atoms with Gasteiger partial charge in [0.15, 0.2) is 5.13 Å². The van der Waals surface area contributed by atoms with E-state index >= 15 is 0 Å². The van der Waals surface area contributed by atoms with Crippen molar-refractivity contribution in [2.24, 2.45) is 0 Å². The van der Waals surface area contributed by atoms with Crippen molar-refractivity contribution in [2.45, 2.75) is 0 Å². The van der Waals surface area contributed by atoms with Gasteiger partial charge in [-0.25, -0.2) is 4.98 Å². The lowest BCUT2D eigenvalue weighted by Crippen LogP contribution is -1.82. The highest BCUT2D eigenvalue weighted by atomic mass is 32.1. The van der Waals surface area contributed by atoms with E-state index in [1.807, 2.05) is 18.2 Å². The highest BCUT2D eigenvalue weighted by Crippen LogP contribution is 2.24. The molecule has 1 aromatic carbocycles. The van der Waals surface area contributed by atoms with Gasteiger partial charge >= 0.3 is 0 Å². The minimum Gasteiger partial charge on any atom is -0.339 e. The molecular formula is C9H8N2S. The number of hydrogen-bond donors (Lipinski definition) is 1. The van der Waals surface area contributed by atoms with Gasteiger partial charge in [0, 0.05) is 0 Å². The minimum atomic E-state index is 0.895. The van der Waals surface area contributed by atoms with E-state index in [1.54, 1.807) is 17.5 Å². The van der Waals surface area contributed by atoms with Crippen molar-refractivity contribution in [1.29, 1.82) is 0 Å². The van der Waals surface area contributed by atoms with Gasteiger partial charge in [0.05, 0.1) is 10.2 Å². The number of nitrogens with one attached hydrogen (secondary N) is 1. The van der Waals surface area contributed by atoms with Crippen molar-refractivity contribution in [3.8, 4) is 0 Å². The third-order valence-electron chi connectivity index (χ3n) is 1.52. The van der Waals surface area contributed by atoms with Gasteiger partial charge in [-0.05, 0) is 18.3 Å². The summed E-state index contributed by atoms with van der Waals surface area (Å²) < 4.78 is 1.20. The van der Waals surface area contributed by atoms with Crippen LogP contribution in [0.3, 0.4) is 0 Å². The Bertz CT molecular complexity index is 373. The van der Waals surface area contributed by atoms with E-state index in [4.69, 9.17) is 0 Å². The maximum Gasteiger partial charge on any atom is 0.187 e. The predicted molar refractivity (Wildman–Crippen MR) is 53.4 cm³/mol. The van der Waals surface area contributed by atoms with Crippen LogP contribution in [0.1, 0.15) is 0 Å². The number of hydrogen-bond acceptors (Lipinski definition) is 3.